The van der Waals surface area contributed by atoms with Crippen LogP contribution < -0.4 is 5.56 Å². The number of nitrogens with zero attached hydrogens (tertiary/aromatic N) is 3. The topological polar surface area (TPSA) is 55.2 Å². The van der Waals surface area contributed by atoms with Gasteiger partial charge in [0.25, 0.3) is 5.56 Å². The lowest BCUT2D eigenvalue weighted by Gasteiger charge is -2.30. The van der Waals surface area contributed by atoms with Crippen LogP contribution in [-0.2, 0) is 4.79 Å². The molecule has 5 nitrogen and oxygen atoms in total. The first-order valence-electron chi connectivity index (χ1n) is 7.19. The van der Waals surface area contributed by atoms with E-state index in [9.17, 15) is 9.59 Å². The van der Waals surface area contributed by atoms with Crippen molar-refractivity contribution in [2.24, 2.45) is 0 Å². The Kier molecular flexibility index (Phi) is 3.27. The summed E-state index contributed by atoms with van der Waals surface area (Å²) in [6.45, 7) is 4.52. The maximum atomic E-state index is 12.7. The summed E-state index contributed by atoms with van der Waals surface area (Å²) in [7, 11) is 1.78. The number of aromatic nitrogens is 2. The Morgan fingerprint density at radius 2 is 2.00 bits per heavy atom. The van der Waals surface area contributed by atoms with E-state index in [1.54, 1.807) is 22.8 Å². The quantitative estimate of drug-likeness (QED) is 0.803. The molecule has 21 heavy (non-hydrogen) atoms. The van der Waals surface area contributed by atoms with Gasteiger partial charge in [-0.05, 0) is 37.5 Å². The van der Waals surface area contributed by atoms with E-state index in [0.29, 0.717) is 24.8 Å². The number of carbonyl (C=O) groups excluding carboxylic acids is 1. The number of aryl methyl sites for hydroxylation is 2. The molecule has 0 spiro atoms. The molecule has 1 aliphatic heterocycles. The minimum Gasteiger partial charge on any atom is -0.344 e. The Bertz CT molecular complexity index is 779. The molecular weight excluding hydrogens is 266 g/mol. The minimum atomic E-state index is -0.0143. The summed E-state index contributed by atoms with van der Waals surface area (Å²) in [4.78, 5) is 30.5. The first kappa shape index (κ1) is 13.8. The highest BCUT2D eigenvalue weighted by Crippen LogP contribution is 2.21. The number of hydrogen-bond donors (Lipinski definition) is 0. The molecule has 0 N–H and O–H groups in total. The van der Waals surface area contributed by atoms with E-state index in [0.717, 1.165) is 16.6 Å². The molecule has 110 valence electrons. The zero-order valence-electron chi connectivity index (χ0n) is 12.6. The zero-order valence-corrected chi connectivity index (χ0v) is 12.6. The molecule has 5 heteroatoms. The Hall–Kier alpha value is -2.17. The summed E-state index contributed by atoms with van der Waals surface area (Å²) in [5, 5.41) is 0.662. The van der Waals surface area contributed by atoms with Crippen molar-refractivity contribution in [1.82, 2.24) is 14.5 Å². The molecule has 1 unspecified atom stereocenters. The normalized spacial score (nSPS) is 19.3. The molecule has 0 bridgehead atoms. The summed E-state index contributed by atoms with van der Waals surface area (Å²) < 4.78 is 1.68. The number of rotatable bonds is 1. The van der Waals surface area contributed by atoms with Gasteiger partial charge in [0, 0.05) is 20.0 Å². The molecule has 1 aromatic carbocycles. The van der Waals surface area contributed by atoms with Crippen molar-refractivity contribution in [3.8, 4) is 0 Å². The van der Waals surface area contributed by atoms with Gasteiger partial charge in [-0.2, -0.15) is 0 Å². The highest BCUT2D eigenvalue weighted by atomic mass is 16.2. The van der Waals surface area contributed by atoms with Crippen molar-refractivity contribution in [1.29, 1.82) is 0 Å². The van der Waals surface area contributed by atoms with Crippen LogP contribution in [-0.4, -0.2) is 34.0 Å². The molecule has 0 saturated carbocycles. The van der Waals surface area contributed by atoms with Crippen molar-refractivity contribution in [2.75, 3.05) is 13.6 Å². The van der Waals surface area contributed by atoms with Crippen LogP contribution in [0.4, 0.5) is 0 Å². The summed E-state index contributed by atoms with van der Waals surface area (Å²) in [6.07, 6.45) is 2.81. The van der Waals surface area contributed by atoms with E-state index in [4.69, 9.17) is 0 Å². The van der Waals surface area contributed by atoms with Gasteiger partial charge in [-0.25, -0.2) is 4.98 Å². The van der Waals surface area contributed by atoms with Crippen molar-refractivity contribution in [3.63, 3.8) is 0 Å². The third-order valence-corrected chi connectivity index (χ3v) is 4.22. The van der Waals surface area contributed by atoms with Crippen molar-refractivity contribution < 1.29 is 4.79 Å². The van der Waals surface area contributed by atoms with Crippen LogP contribution >= 0.6 is 0 Å². The molecule has 1 amide bonds. The lowest BCUT2D eigenvalue weighted by atomic mass is 10.0. The fraction of sp³-hybridized carbons (Fsp3) is 0.438. The Balaban J connectivity index is 2.10. The average Bonchev–Trinajstić information content (AvgIpc) is 2.43. The van der Waals surface area contributed by atoms with Crippen LogP contribution in [0.5, 0.6) is 0 Å². The molecule has 2 heterocycles. The maximum Gasteiger partial charge on any atom is 0.261 e. The lowest BCUT2D eigenvalue weighted by molar-refractivity contribution is -0.132. The first-order valence-corrected chi connectivity index (χ1v) is 7.19. The second-order valence-electron chi connectivity index (χ2n) is 5.90. The Labute approximate surface area is 123 Å². The second kappa shape index (κ2) is 4.98. The van der Waals surface area contributed by atoms with Crippen LogP contribution in [0, 0.1) is 13.8 Å². The number of likely N-dealkylation sites (tertiary alicyclic amines) is 1. The van der Waals surface area contributed by atoms with E-state index in [2.05, 4.69) is 4.98 Å². The van der Waals surface area contributed by atoms with Gasteiger partial charge in [0.05, 0.1) is 23.3 Å². The van der Waals surface area contributed by atoms with Gasteiger partial charge >= 0.3 is 0 Å². The predicted octanol–water partition coefficient (Wildman–Crippen LogP) is 1.81. The molecule has 1 aliphatic rings. The van der Waals surface area contributed by atoms with Crippen molar-refractivity contribution >= 4 is 16.8 Å². The predicted molar refractivity (Wildman–Crippen MR) is 81.4 cm³/mol. The summed E-state index contributed by atoms with van der Waals surface area (Å²) in [5.74, 6) is 0.139. The molecule has 1 fully saturated rings. The van der Waals surface area contributed by atoms with Gasteiger partial charge in [0.1, 0.15) is 0 Å². The molecule has 1 atom stereocenters. The smallest absolute Gasteiger partial charge is 0.261 e. The molecule has 3 rings (SSSR count). The number of hydrogen-bond acceptors (Lipinski definition) is 3. The molecule has 2 aromatic rings. The Morgan fingerprint density at radius 1 is 1.24 bits per heavy atom. The molecule has 1 saturated heterocycles. The van der Waals surface area contributed by atoms with Crippen molar-refractivity contribution in [2.45, 2.75) is 32.7 Å². The summed E-state index contributed by atoms with van der Waals surface area (Å²) in [5.41, 5.74) is 2.83. The summed E-state index contributed by atoms with van der Waals surface area (Å²) >= 11 is 0. The third-order valence-electron chi connectivity index (χ3n) is 4.22. The van der Waals surface area contributed by atoms with E-state index in [1.807, 2.05) is 26.0 Å². The number of likely N-dealkylation sites (N-methyl/N-ethyl adjacent to an activating group) is 1. The van der Waals surface area contributed by atoms with Crippen LogP contribution in [0.3, 0.4) is 0 Å². The zero-order chi connectivity index (χ0) is 15.1. The van der Waals surface area contributed by atoms with Crippen molar-refractivity contribution in [3.05, 3.63) is 39.9 Å². The van der Waals surface area contributed by atoms with E-state index in [1.165, 1.54) is 0 Å². The van der Waals surface area contributed by atoms with E-state index in [-0.39, 0.29) is 17.5 Å². The van der Waals surface area contributed by atoms with Gasteiger partial charge in [-0.3, -0.25) is 14.2 Å². The van der Waals surface area contributed by atoms with Gasteiger partial charge in [-0.15, -0.1) is 0 Å². The number of fused-ring (bicyclic) bond motifs is 1. The van der Waals surface area contributed by atoms with Crippen LogP contribution in [0.2, 0.25) is 0 Å². The SMILES string of the molecule is Cc1cc(C)c2ncn(C3CCC(=O)N(C)C3)c(=O)c2c1. The first-order chi connectivity index (χ1) is 9.97. The van der Waals surface area contributed by atoms with E-state index < -0.39 is 0 Å². The van der Waals surface area contributed by atoms with E-state index >= 15 is 0 Å². The van der Waals surface area contributed by atoms with Gasteiger partial charge in [-0.1, -0.05) is 6.07 Å². The largest absolute Gasteiger partial charge is 0.344 e. The lowest BCUT2D eigenvalue weighted by Crippen LogP contribution is -2.40. The maximum absolute atomic E-state index is 12.7. The van der Waals surface area contributed by atoms with Gasteiger partial charge in [0.2, 0.25) is 5.91 Å². The molecule has 0 aliphatic carbocycles. The number of piperidine rings is 1. The van der Waals surface area contributed by atoms with Gasteiger partial charge in [0.15, 0.2) is 0 Å². The molecular formula is C16H19N3O2. The monoisotopic (exact) mass is 285 g/mol. The third kappa shape index (κ3) is 2.33. The second-order valence-corrected chi connectivity index (χ2v) is 5.90. The van der Waals surface area contributed by atoms with Crippen LogP contribution in [0.15, 0.2) is 23.3 Å². The highest BCUT2D eigenvalue weighted by molar-refractivity contribution is 5.81. The molecule has 0 radical (unpaired) electrons. The van der Waals surface area contributed by atoms with Crippen LogP contribution in [0.25, 0.3) is 10.9 Å². The standard InChI is InChI=1S/C16H19N3O2/c1-10-6-11(2)15-13(7-10)16(21)19(9-17-15)12-4-5-14(20)18(3)8-12/h6-7,9,12H,4-5,8H2,1-3H3. The number of benzene rings is 1. The minimum absolute atomic E-state index is 0.0120. The average molecular weight is 285 g/mol. The highest BCUT2D eigenvalue weighted by Gasteiger charge is 2.25. The fourth-order valence-electron chi connectivity index (χ4n) is 3.08. The fourth-order valence-corrected chi connectivity index (χ4v) is 3.08. The number of amides is 1. The number of carbonyl (C=O) groups is 1. The summed E-state index contributed by atoms with van der Waals surface area (Å²) in [6, 6.07) is 3.94. The molecule has 1 aromatic heterocycles. The van der Waals surface area contributed by atoms with Crippen LogP contribution in [0.1, 0.15) is 30.0 Å². The Morgan fingerprint density at radius 3 is 2.71 bits per heavy atom. The van der Waals surface area contributed by atoms with Gasteiger partial charge < -0.3 is 4.90 Å².